The molecule has 180 valence electrons. The Bertz CT molecular complexity index is 838. The average Bonchev–Trinajstić information content (AvgIpc) is 2.80. The largest absolute Gasteiger partial charge is 0.375 e. The van der Waals surface area contributed by atoms with Crippen LogP contribution < -0.4 is 5.32 Å². The van der Waals surface area contributed by atoms with Gasteiger partial charge in [0.05, 0.1) is 0 Å². The lowest BCUT2D eigenvalue weighted by molar-refractivity contribution is 0.0725. The smallest absolute Gasteiger partial charge is 0.120 e. The molecule has 0 spiro atoms. The Balaban J connectivity index is 1.58. The van der Waals surface area contributed by atoms with Crippen molar-refractivity contribution in [1.29, 1.82) is 5.41 Å². The van der Waals surface area contributed by atoms with Crippen LogP contribution in [-0.2, 0) is 0 Å². The Morgan fingerprint density at radius 3 is 2.73 bits per heavy atom. The van der Waals surface area contributed by atoms with E-state index in [2.05, 4.69) is 78.9 Å². The maximum atomic E-state index is 8.49. The van der Waals surface area contributed by atoms with Gasteiger partial charge in [0.2, 0.25) is 0 Å². The Hall–Kier alpha value is -2.33. The van der Waals surface area contributed by atoms with Crippen LogP contribution in [0.2, 0.25) is 0 Å². The minimum atomic E-state index is 0.358. The van der Waals surface area contributed by atoms with Crippen LogP contribution in [0.3, 0.4) is 0 Å². The van der Waals surface area contributed by atoms with Crippen LogP contribution in [0, 0.1) is 24.2 Å². The third-order valence-electron chi connectivity index (χ3n) is 7.44. The molecule has 1 saturated heterocycles. The summed E-state index contributed by atoms with van der Waals surface area (Å²) in [5.41, 5.74) is 4.03. The van der Waals surface area contributed by atoms with Crippen molar-refractivity contribution < 1.29 is 0 Å². The Morgan fingerprint density at radius 2 is 2.09 bits per heavy atom. The fourth-order valence-corrected chi connectivity index (χ4v) is 5.24. The fourth-order valence-electron chi connectivity index (χ4n) is 5.24. The van der Waals surface area contributed by atoms with Gasteiger partial charge in [0.1, 0.15) is 5.84 Å². The quantitative estimate of drug-likeness (QED) is 0.258. The summed E-state index contributed by atoms with van der Waals surface area (Å²) in [4.78, 5) is 4.76. The highest BCUT2D eigenvalue weighted by Gasteiger charge is 2.43. The number of benzene rings is 1. The summed E-state index contributed by atoms with van der Waals surface area (Å²) in [6.45, 7) is 18.3. The molecule has 1 aromatic rings. The number of allylic oxidation sites excluding steroid dienone is 1. The van der Waals surface area contributed by atoms with Crippen LogP contribution >= 0.6 is 0 Å². The second-order valence-electron chi connectivity index (χ2n) is 9.82. The van der Waals surface area contributed by atoms with Crippen molar-refractivity contribution in [3.63, 3.8) is 0 Å². The summed E-state index contributed by atoms with van der Waals surface area (Å²) in [6, 6.07) is 9.35. The Labute approximate surface area is 201 Å². The minimum absolute atomic E-state index is 0.358. The van der Waals surface area contributed by atoms with Gasteiger partial charge in [-0.3, -0.25) is 5.41 Å². The molecular formula is C29H44N4. The van der Waals surface area contributed by atoms with E-state index in [4.69, 9.17) is 5.41 Å². The van der Waals surface area contributed by atoms with Gasteiger partial charge in [-0.15, -0.1) is 0 Å². The third kappa shape index (κ3) is 6.60. The first kappa shape index (κ1) is 25.3. The van der Waals surface area contributed by atoms with E-state index in [1.807, 2.05) is 19.1 Å². The van der Waals surface area contributed by atoms with Gasteiger partial charge < -0.3 is 15.1 Å². The molecule has 2 aliphatic rings. The van der Waals surface area contributed by atoms with E-state index >= 15 is 0 Å². The molecule has 3 rings (SSSR count). The molecular weight excluding hydrogens is 404 g/mol. The van der Waals surface area contributed by atoms with Crippen LogP contribution in [0.1, 0.15) is 57.1 Å². The first-order valence-electron chi connectivity index (χ1n) is 12.8. The molecule has 2 N–H and O–H groups in total. The lowest BCUT2D eigenvalue weighted by Gasteiger charge is -2.52. The summed E-state index contributed by atoms with van der Waals surface area (Å²) in [6.07, 6.45) is 11.9. The zero-order chi connectivity index (χ0) is 23.8. The van der Waals surface area contributed by atoms with Gasteiger partial charge in [-0.1, -0.05) is 61.6 Å². The molecule has 1 fully saturated rings. The maximum Gasteiger partial charge on any atom is 0.120 e. The SMILES string of the molecule is C=C(C1CN(C(=N)/C=C\C)[C@H]1CC1C=CCNC1)N(CC)CCCC(C)c1ccc(C)cc1. The van der Waals surface area contributed by atoms with E-state index in [1.54, 1.807) is 0 Å². The molecule has 2 aliphatic heterocycles. The van der Waals surface area contributed by atoms with Crippen molar-refractivity contribution in [2.24, 2.45) is 11.8 Å². The predicted octanol–water partition coefficient (Wildman–Crippen LogP) is 5.73. The van der Waals surface area contributed by atoms with Gasteiger partial charge in [0.15, 0.2) is 0 Å². The minimum Gasteiger partial charge on any atom is -0.375 e. The highest BCUT2D eigenvalue weighted by atomic mass is 15.3. The summed E-state index contributed by atoms with van der Waals surface area (Å²) in [5.74, 6) is 2.18. The molecule has 1 aromatic carbocycles. The molecule has 0 aliphatic carbocycles. The molecule has 0 bridgehead atoms. The van der Waals surface area contributed by atoms with Crippen molar-refractivity contribution in [2.45, 2.75) is 58.9 Å². The van der Waals surface area contributed by atoms with E-state index < -0.39 is 0 Å². The maximum absolute atomic E-state index is 8.49. The molecule has 2 heterocycles. The van der Waals surface area contributed by atoms with Crippen molar-refractivity contribution >= 4 is 5.84 Å². The molecule has 4 nitrogen and oxygen atoms in total. The standard InChI is InChI=1S/C29H44N4/c1-6-10-29(30)33-21-27(28(33)19-25-12-8-17-31-20-25)24(5)32(7-2)18-9-11-23(4)26-15-13-22(3)14-16-26/h6,8,10,12-16,23,25,27-28,30-31H,5,7,9,11,17-21H2,1-4H3/b10-6-,30-29?/t23?,25?,27?,28-/m0/s1. The number of aryl methyl sites for hydroxylation is 1. The Kier molecular flexibility index (Phi) is 9.37. The van der Waals surface area contributed by atoms with Gasteiger partial charge in [0, 0.05) is 50.4 Å². The van der Waals surface area contributed by atoms with E-state index in [9.17, 15) is 0 Å². The van der Waals surface area contributed by atoms with Crippen molar-refractivity contribution in [2.75, 3.05) is 32.7 Å². The number of likely N-dealkylation sites (tertiary alicyclic amines) is 1. The summed E-state index contributed by atoms with van der Waals surface area (Å²) >= 11 is 0. The lowest BCUT2D eigenvalue weighted by Crippen LogP contribution is -2.60. The normalized spacial score (nSPS) is 23.4. The van der Waals surface area contributed by atoms with E-state index in [0.29, 0.717) is 29.6 Å². The van der Waals surface area contributed by atoms with Gasteiger partial charge in [-0.2, -0.15) is 0 Å². The highest BCUT2D eigenvalue weighted by Crippen LogP contribution is 2.37. The summed E-state index contributed by atoms with van der Waals surface area (Å²) in [5, 5.41) is 12.0. The van der Waals surface area contributed by atoms with Gasteiger partial charge >= 0.3 is 0 Å². The summed E-state index contributed by atoms with van der Waals surface area (Å²) < 4.78 is 0. The number of rotatable bonds is 11. The molecule has 4 heteroatoms. The van der Waals surface area contributed by atoms with E-state index in [1.165, 1.54) is 29.7 Å². The number of nitrogens with zero attached hydrogens (tertiary/aromatic N) is 2. The van der Waals surface area contributed by atoms with Crippen LogP contribution in [0.5, 0.6) is 0 Å². The van der Waals surface area contributed by atoms with E-state index in [0.717, 1.165) is 39.1 Å². The monoisotopic (exact) mass is 448 g/mol. The zero-order valence-corrected chi connectivity index (χ0v) is 21.2. The van der Waals surface area contributed by atoms with Crippen molar-refractivity contribution in [3.05, 3.63) is 72.0 Å². The Morgan fingerprint density at radius 1 is 1.33 bits per heavy atom. The molecule has 0 saturated carbocycles. The first-order valence-corrected chi connectivity index (χ1v) is 12.8. The number of amidine groups is 1. The van der Waals surface area contributed by atoms with Crippen LogP contribution in [0.25, 0.3) is 0 Å². The molecule has 0 radical (unpaired) electrons. The number of hydrogen-bond donors (Lipinski definition) is 2. The fraction of sp³-hybridized carbons (Fsp3) is 0.552. The topological polar surface area (TPSA) is 42.4 Å². The van der Waals surface area contributed by atoms with E-state index in [-0.39, 0.29) is 0 Å². The van der Waals surface area contributed by atoms with Crippen molar-refractivity contribution in [3.8, 4) is 0 Å². The summed E-state index contributed by atoms with van der Waals surface area (Å²) in [7, 11) is 0. The van der Waals surface area contributed by atoms with Crippen LogP contribution in [0.15, 0.2) is 60.8 Å². The zero-order valence-electron chi connectivity index (χ0n) is 21.2. The van der Waals surface area contributed by atoms with Crippen LogP contribution in [0.4, 0.5) is 0 Å². The second-order valence-corrected chi connectivity index (χ2v) is 9.82. The highest BCUT2D eigenvalue weighted by molar-refractivity contribution is 5.91. The molecule has 0 aromatic heterocycles. The van der Waals surface area contributed by atoms with Gasteiger partial charge in [0.25, 0.3) is 0 Å². The second kappa shape index (κ2) is 12.2. The average molecular weight is 449 g/mol. The first-order chi connectivity index (χ1) is 15.9. The molecule has 3 unspecified atom stereocenters. The lowest BCUT2D eigenvalue weighted by atomic mass is 9.79. The number of nitrogens with one attached hydrogen (secondary N) is 2. The molecule has 4 atom stereocenters. The third-order valence-corrected chi connectivity index (χ3v) is 7.44. The molecule has 33 heavy (non-hydrogen) atoms. The van der Waals surface area contributed by atoms with Gasteiger partial charge in [-0.25, -0.2) is 0 Å². The molecule has 0 amide bonds. The predicted molar refractivity (Wildman–Crippen MR) is 142 cm³/mol. The van der Waals surface area contributed by atoms with Crippen molar-refractivity contribution in [1.82, 2.24) is 15.1 Å². The number of hydrogen-bond acceptors (Lipinski definition) is 3. The van der Waals surface area contributed by atoms with Gasteiger partial charge in [-0.05, 0) is 63.5 Å². The van der Waals surface area contributed by atoms with Crippen LogP contribution in [-0.4, -0.2) is 54.4 Å².